The number of aromatic nitrogens is 3. The Kier molecular flexibility index (Phi) is 5.73. The molecule has 11 heteroatoms. The summed E-state index contributed by atoms with van der Waals surface area (Å²) in [7, 11) is 0. The molecule has 4 aromatic rings. The quantitative estimate of drug-likeness (QED) is 0.464. The van der Waals surface area contributed by atoms with Crippen LogP contribution in [0.1, 0.15) is 27.6 Å². The van der Waals surface area contributed by atoms with E-state index >= 15 is 0 Å². The van der Waals surface area contributed by atoms with Crippen molar-refractivity contribution in [2.45, 2.75) is 18.8 Å². The number of aliphatic hydroxyl groups is 1. The standard InChI is InChI=1S/C21H15F3N4O4/c22-21(23,24)18(29)13-5-3-12(4-6-13)11-26-19(30)15-2-1-9-25-20(15)31-14-7-8-16-17(10-14)28-32-27-16/h1-10,18,29H,11H2,(H,26,30). The van der Waals surface area contributed by atoms with Gasteiger partial charge < -0.3 is 15.2 Å². The van der Waals surface area contributed by atoms with E-state index in [4.69, 9.17) is 4.74 Å². The van der Waals surface area contributed by atoms with Gasteiger partial charge in [0.25, 0.3) is 5.91 Å². The average Bonchev–Trinajstić information content (AvgIpc) is 3.25. The van der Waals surface area contributed by atoms with Crippen LogP contribution in [0, 0.1) is 0 Å². The highest BCUT2D eigenvalue weighted by atomic mass is 19.4. The van der Waals surface area contributed by atoms with Crippen molar-refractivity contribution in [2.75, 3.05) is 0 Å². The van der Waals surface area contributed by atoms with E-state index in [2.05, 4.69) is 25.2 Å². The lowest BCUT2D eigenvalue weighted by Crippen LogP contribution is -2.23. The van der Waals surface area contributed by atoms with Gasteiger partial charge in [0.1, 0.15) is 22.3 Å². The zero-order valence-corrected chi connectivity index (χ0v) is 16.2. The van der Waals surface area contributed by atoms with Gasteiger partial charge in [-0.25, -0.2) is 9.61 Å². The Morgan fingerprint density at radius 1 is 1.09 bits per heavy atom. The Hall–Kier alpha value is -3.99. The van der Waals surface area contributed by atoms with E-state index in [0.717, 1.165) is 12.1 Å². The Morgan fingerprint density at radius 2 is 1.84 bits per heavy atom. The minimum atomic E-state index is -4.75. The third-order valence-corrected chi connectivity index (χ3v) is 4.51. The minimum absolute atomic E-state index is 0.0477. The molecule has 0 fully saturated rings. The molecular weight excluding hydrogens is 429 g/mol. The number of carbonyl (C=O) groups excluding carboxylic acids is 1. The van der Waals surface area contributed by atoms with E-state index in [9.17, 15) is 23.1 Å². The second-order valence-corrected chi connectivity index (χ2v) is 6.74. The van der Waals surface area contributed by atoms with Gasteiger partial charge in [0.2, 0.25) is 5.88 Å². The number of alkyl halides is 3. The van der Waals surface area contributed by atoms with Crippen LogP contribution < -0.4 is 10.1 Å². The first kappa shape index (κ1) is 21.2. The van der Waals surface area contributed by atoms with Crippen LogP contribution >= 0.6 is 0 Å². The lowest BCUT2D eigenvalue weighted by Gasteiger charge is -2.15. The minimum Gasteiger partial charge on any atom is -0.438 e. The number of nitrogens with one attached hydrogen (secondary N) is 1. The van der Waals surface area contributed by atoms with E-state index < -0.39 is 18.2 Å². The summed E-state index contributed by atoms with van der Waals surface area (Å²) in [4.78, 5) is 16.7. The summed E-state index contributed by atoms with van der Waals surface area (Å²) in [5, 5.41) is 19.4. The highest BCUT2D eigenvalue weighted by Gasteiger charge is 2.39. The number of amides is 1. The van der Waals surface area contributed by atoms with Crippen molar-refractivity contribution in [1.29, 1.82) is 0 Å². The SMILES string of the molecule is O=C(NCc1ccc(C(O)C(F)(F)F)cc1)c1cccnc1Oc1ccc2nonc2c1. The van der Waals surface area contributed by atoms with Crippen molar-refractivity contribution in [3.8, 4) is 11.6 Å². The van der Waals surface area contributed by atoms with E-state index in [0.29, 0.717) is 22.3 Å². The fourth-order valence-corrected chi connectivity index (χ4v) is 2.87. The number of nitrogens with zero attached hydrogens (tertiary/aromatic N) is 3. The van der Waals surface area contributed by atoms with Gasteiger partial charge >= 0.3 is 6.18 Å². The first-order valence-corrected chi connectivity index (χ1v) is 9.28. The van der Waals surface area contributed by atoms with Crippen molar-refractivity contribution < 1.29 is 32.4 Å². The van der Waals surface area contributed by atoms with Crippen LogP contribution in [0.2, 0.25) is 0 Å². The van der Waals surface area contributed by atoms with Crippen molar-refractivity contribution in [3.63, 3.8) is 0 Å². The molecule has 0 spiro atoms. The number of fused-ring (bicyclic) bond motifs is 1. The molecule has 1 atom stereocenters. The fourth-order valence-electron chi connectivity index (χ4n) is 2.87. The molecule has 0 bridgehead atoms. The Morgan fingerprint density at radius 3 is 2.59 bits per heavy atom. The number of rotatable bonds is 6. The van der Waals surface area contributed by atoms with E-state index in [1.807, 2.05) is 0 Å². The van der Waals surface area contributed by atoms with Crippen LogP contribution in [-0.2, 0) is 6.54 Å². The molecule has 0 saturated carbocycles. The fraction of sp³-hybridized carbons (Fsp3) is 0.143. The van der Waals surface area contributed by atoms with Crippen LogP contribution in [0.25, 0.3) is 11.0 Å². The number of carbonyl (C=O) groups is 1. The van der Waals surface area contributed by atoms with Gasteiger partial charge in [-0.05, 0) is 45.7 Å². The van der Waals surface area contributed by atoms with Crippen LogP contribution in [0.15, 0.2) is 65.4 Å². The summed E-state index contributed by atoms with van der Waals surface area (Å²) in [5.41, 5.74) is 1.45. The maximum absolute atomic E-state index is 12.6. The molecule has 4 rings (SSSR count). The number of hydrogen-bond donors (Lipinski definition) is 2. The van der Waals surface area contributed by atoms with Gasteiger partial charge in [0.05, 0.1) is 0 Å². The van der Waals surface area contributed by atoms with Crippen LogP contribution in [-0.4, -0.2) is 32.5 Å². The molecule has 2 aromatic carbocycles. The maximum Gasteiger partial charge on any atom is 0.418 e. The molecule has 2 heterocycles. The monoisotopic (exact) mass is 444 g/mol. The maximum atomic E-state index is 12.6. The summed E-state index contributed by atoms with van der Waals surface area (Å²) in [6.07, 6.45) is -5.85. The molecule has 0 saturated heterocycles. The van der Waals surface area contributed by atoms with E-state index in [-0.39, 0.29) is 23.6 Å². The Labute approximate surface area is 178 Å². The van der Waals surface area contributed by atoms with Gasteiger partial charge in [-0.3, -0.25) is 4.79 Å². The van der Waals surface area contributed by atoms with Crippen LogP contribution in [0.5, 0.6) is 11.6 Å². The number of ether oxygens (including phenoxy) is 1. The number of aliphatic hydroxyl groups excluding tert-OH is 1. The van der Waals surface area contributed by atoms with Gasteiger partial charge in [-0.15, -0.1) is 0 Å². The van der Waals surface area contributed by atoms with Crippen molar-refractivity contribution in [1.82, 2.24) is 20.6 Å². The van der Waals surface area contributed by atoms with Crippen LogP contribution in [0.3, 0.4) is 0 Å². The number of pyridine rings is 1. The van der Waals surface area contributed by atoms with E-state index in [1.165, 1.54) is 24.4 Å². The lowest BCUT2D eigenvalue weighted by atomic mass is 10.1. The Balaban J connectivity index is 1.44. The van der Waals surface area contributed by atoms with Crippen molar-refractivity contribution in [3.05, 3.63) is 77.5 Å². The topological polar surface area (TPSA) is 110 Å². The molecule has 0 aliphatic rings. The summed E-state index contributed by atoms with van der Waals surface area (Å²) in [6, 6.07) is 13.1. The van der Waals surface area contributed by atoms with Gasteiger partial charge in [0.15, 0.2) is 6.10 Å². The highest BCUT2D eigenvalue weighted by Crippen LogP contribution is 2.32. The van der Waals surface area contributed by atoms with E-state index in [1.54, 1.807) is 24.3 Å². The Bertz CT molecular complexity index is 1240. The third kappa shape index (κ3) is 4.67. The molecule has 1 amide bonds. The molecule has 0 aliphatic heterocycles. The predicted octanol–water partition coefficient (Wildman–Crippen LogP) is 3.94. The first-order valence-electron chi connectivity index (χ1n) is 9.28. The predicted molar refractivity (Wildman–Crippen MR) is 105 cm³/mol. The summed E-state index contributed by atoms with van der Waals surface area (Å²) < 4.78 is 48.1. The molecule has 8 nitrogen and oxygen atoms in total. The number of hydrogen-bond acceptors (Lipinski definition) is 7. The highest BCUT2D eigenvalue weighted by molar-refractivity contribution is 5.96. The molecule has 164 valence electrons. The molecule has 32 heavy (non-hydrogen) atoms. The summed E-state index contributed by atoms with van der Waals surface area (Å²) >= 11 is 0. The van der Waals surface area contributed by atoms with Gasteiger partial charge in [-0.2, -0.15) is 13.2 Å². The second-order valence-electron chi connectivity index (χ2n) is 6.74. The molecule has 2 aromatic heterocycles. The molecule has 0 radical (unpaired) electrons. The zero-order chi connectivity index (χ0) is 22.7. The number of benzene rings is 2. The molecule has 0 aliphatic carbocycles. The summed E-state index contributed by atoms with van der Waals surface area (Å²) in [5.74, 6) is -0.0547. The zero-order valence-electron chi connectivity index (χ0n) is 16.2. The normalized spacial score (nSPS) is 12.5. The third-order valence-electron chi connectivity index (χ3n) is 4.51. The number of halogens is 3. The van der Waals surface area contributed by atoms with Gasteiger partial charge in [-0.1, -0.05) is 24.3 Å². The molecule has 2 N–H and O–H groups in total. The molecule has 1 unspecified atom stereocenters. The first-order chi connectivity index (χ1) is 15.3. The smallest absolute Gasteiger partial charge is 0.418 e. The van der Waals surface area contributed by atoms with Gasteiger partial charge in [0, 0.05) is 18.8 Å². The molecular formula is C21H15F3N4O4. The average molecular weight is 444 g/mol. The van der Waals surface area contributed by atoms with Crippen molar-refractivity contribution >= 4 is 16.9 Å². The second kappa shape index (κ2) is 8.63. The van der Waals surface area contributed by atoms with Crippen molar-refractivity contribution in [2.24, 2.45) is 0 Å². The van der Waals surface area contributed by atoms with Crippen LogP contribution in [0.4, 0.5) is 13.2 Å². The lowest BCUT2D eigenvalue weighted by molar-refractivity contribution is -0.206. The summed E-state index contributed by atoms with van der Waals surface area (Å²) in [6.45, 7) is 0.0477. The largest absolute Gasteiger partial charge is 0.438 e.